The first-order chi connectivity index (χ1) is 10.3. The van der Waals surface area contributed by atoms with Crippen LogP contribution in [0.4, 0.5) is 0 Å². The van der Waals surface area contributed by atoms with Gasteiger partial charge in [0.25, 0.3) is 0 Å². The zero-order valence-corrected chi connectivity index (χ0v) is 13.7. The van der Waals surface area contributed by atoms with Gasteiger partial charge in [0.1, 0.15) is 0 Å². The highest BCUT2D eigenvalue weighted by Gasteiger charge is 2.12. The van der Waals surface area contributed by atoms with Crippen LogP contribution in [0.25, 0.3) is 0 Å². The van der Waals surface area contributed by atoms with Crippen LogP contribution in [0.3, 0.4) is 0 Å². The van der Waals surface area contributed by atoms with Gasteiger partial charge in [0.15, 0.2) is 6.29 Å². The molecule has 0 N–H and O–H groups in total. The lowest BCUT2D eigenvalue weighted by Crippen LogP contribution is -2.23. The van der Waals surface area contributed by atoms with Crippen LogP contribution in [-0.4, -0.2) is 19.5 Å². The molecule has 0 saturated heterocycles. The van der Waals surface area contributed by atoms with Crippen molar-refractivity contribution >= 4 is 19.2 Å². The Bertz CT molecular complexity index is 522. The summed E-state index contributed by atoms with van der Waals surface area (Å²) >= 11 is 0. The van der Waals surface area contributed by atoms with Crippen LogP contribution in [0.5, 0.6) is 0 Å². The van der Waals surface area contributed by atoms with Crippen molar-refractivity contribution in [2.24, 2.45) is 0 Å². The van der Waals surface area contributed by atoms with Crippen LogP contribution < -0.4 is 10.6 Å². The third-order valence-corrected chi connectivity index (χ3v) is 4.54. The van der Waals surface area contributed by atoms with Crippen LogP contribution in [0.2, 0.25) is 0 Å². The second-order valence-corrected chi connectivity index (χ2v) is 6.06. The summed E-state index contributed by atoms with van der Waals surface area (Å²) in [6.07, 6.45) is 0.652. The van der Waals surface area contributed by atoms with Crippen molar-refractivity contribution in [1.82, 2.24) is 0 Å². The van der Waals surface area contributed by atoms with Gasteiger partial charge in [0, 0.05) is 19.6 Å². The van der Waals surface area contributed by atoms with E-state index in [1.54, 1.807) is 0 Å². The van der Waals surface area contributed by atoms with Crippen LogP contribution in [0, 0.1) is 0 Å². The molecule has 0 aliphatic carbocycles. The van der Waals surface area contributed by atoms with Gasteiger partial charge >= 0.3 is 0 Å². The highest BCUT2D eigenvalue weighted by Crippen LogP contribution is 2.16. The Hall–Kier alpha value is -1.21. The molecule has 0 radical (unpaired) electrons. The maximum absolute atomic E-state index is 5.67. The summed E-state index contributed by atoms with van der Waals surface area (Å²) in [5.41, 5.74) is 1.31. The molecule has 1 unspecified atom stereocenters. The molecule has 0 aliphatic heterocycles. The molecule has 21 heavy (non-hydrogen) atoms. The van der Waals surface area contributed by atoms with E-state index >= 15 is 0 Å². The van der Waals surface area contributed by atoms with Gasteiger partial charge in [0.2, 0.25) is 0 Å². The molecule has 0 bridgehead atoms. The molecule has 0 aromatic heterocycles. The fraction of sp³-hybridized carbons (Fsp3) is 0.333. The standard InChI is InChI=1S/C18H23O2P/c1-3-19-18(20-4-2)14-15-10-8-9-13-17(15)21-16-11-6-5-7-12-16/h5-13,18,21H,3-4,14H2,1-2H3. The fourth-order valence-corrected chi connectivity index (χ4v) is 3.41. The smallest absolute Gasteiger partial charge is 0.161 e. The number of rotatable bonds is 8. The zero-order chi connectivity index (χ0) is 14.9. The van der Waals surface area contributed by atoms with Crippen molar-refractivity contribution in [3.05, 3.63) is 60.2 Å². The van der Waals surface area contributed by atoms with E-state index in [2.05, 4.69) is 54.6 Å². The highest BCUT2D eigenvalue weighted by atomic mass is 31.1. The van der Waals surface area contributed by atoms with E-state index < -0.39 is 0 Å². The van der Waals surface area contributed by atoms with Gasteiger partial charge in [-0.1, -0.05) is 63.2 Å². The Morgan fingerprint density at radius 3 is 2.14 bits per heavy atom. The van der Waals surface area contributed by atoms with Gasteiger partial charge in [-0.2, -0.15) is 0 Å². The summed E-state index contributed by atoms with van der Waals surface area (Å²) in [5.74, 6) is 0. The second kappa shape index (κ2) is 8.94. The summed E-state index contributed by atoms with van der Waals surface area (Å²) in [7, 11) is 0.668. The Balaban J connectivity index is 2.12. The van der Waals surface area contributed by atoms with Crippen molar-refractivity contribution < 1.29 is 9.47 Å². The molecule has 0 aliphatic rings. The van der Waals surface area contributed by atoms with Crippen molar-refractivity contribution in [2.45, 2.75) is 26.6 Å². The number of benzene rings is 2. The van der Waals surface area contributed by atoms with E-state index in [9.17, 15) is 0 Å². The minimum atomic E-state index is -0.151. The van der Waals surface area contributed by atoms with Crippen molar-refractivity contribution in [1.29, 1.82) is 0 Å². The Morgan fingerprint density at radius 1 is 0.857 bits per heavy atom. The summed E-state index contributed by atoms with van der Waals surface area (Å²) in [6, 6.07) is 19.2. The van der Waals surface area contributed by atoms with Crippen molar-refractivity contribution in [3.8, 4) is 0 Å². The molecule has 3 heteroatoms. The molecular formula is C18H23O2P. The Kier molecular flexibility index (Phi) is 6.88. The van der Waals surface area contributed by atoms with E-state index in [0.717, 1.165) is 6.42 Å². The van der Waals surface area contributed by atoms with Gasteiger partial charge in [0.05, 0.1) is 0 Å². The monoisotopic (exact) mass is 302 g/mol. The first kappa shape index (κ1) is 16.2. The van der Waals surface area contributed by atoms with Crippen LogP contribution in [0.15, 0.2) is 54.6 Å². The first-order valence-electron chi connectivity index (χ1n) is 7.46. The van der Waals surface area contributed by atoms with Crippen LogP contribution in [0.1, 0.15) is 19.4 Å². The predicted octanol–water partition coefficient (Wildman–Crippen LogP) is 3.26. The van der Waals surface area contributed by atoms with E-state index in [0.29, 0.717) is 21.8 Å². The lowest BCUT2D eigenvalue weighted by atomic mass is 10.1. The van der Waals surface area contributed by atoms with Gasteiger partial charge in [-0.25, -0.2) is 0 Å². The molecule has 0 spiro atoms. The minimum Gasteiger partial charge on any atom is -0.353 e. The van der Waals surface area contributed by atoms with E-state index in [-0.39, 0.29) is 6.29 Å². The molecule has 0 heterocycles. The predicted molar refractivity (Wildman–Crippen MR) is 91.2 cm³/mol. The highest BCUT2D eigenvalue weighted by molar-refractivity contribution is 7.55. The average molecular weight is 302 g/mol. The van der Waals surface area contributed by atoms with Gasteiger partial charge in [-0.3, -0.25) is 0 Å². The topological polar surface area (TPSA) is 18.5 Å². The summed E-state index contributed by atoms with van der Waals surface area (Å²) in [5, 5.41) is 2.72. The normalized spacial score (nSPS) is 11.6. The van der Waals surface area contributed by atoms with Gasteiger partial charge in [-0.15, -0.1) is 0 Å². The SMILES string of the molecule is CCOC(Cc1ccccc1Pc1ccccc1)OCC. The maximum Gasteiger partial charge on any atom is 0.161 e. The van der Waals surface area contributed by atoms with E-state index in [1.165, 1.54) is 16.2 Å². The third-order valence-electron chi connectivity index (χ3n) is 3.16. The van der Waals surface area contributed by atoms with E-state index in [1.807, 2.05) is 13.8 Å². The number of ether oxygens (including phenoxy) is 2. The third kappa shape index (κ3) is 5.24. The maximum atomic E-state index is 5.67. The molecule has 2 nitrogen and oxygen atoms in total. The molecule has 1 atom stereocenters. The lowest BCUT2D eigenvalue weighted by Gasteiger charge is -2.18. The quantitative estimate of drug-likeness (QED) is 0.550. The number of hydrogen-bond donors (Lipinski definition) is 0. The summed E-state index contributed by atoms with van der Waals surface area (Å²) < 4.78 is 11.3. The molecular weight excluding hydrogens is 279 g/mol. The van der Waals surface area contributed by atoms with Crippen molar-refractivity contribution in [2.75, 3.05) is 13.2 Å². The molecule has 112 valence electrons. The number of hydrogen-bond acceptors (Lipinski definition) is 2. The Labute approximate surface area is 129 Å². The van der Waals surface area contributed by atoms with Crippen LogP contribution >= 0.6 is 8.58 Å². The van der Waals surface area contributed by atoms with Gasteiger partial charge < -0.3 is 9.47 Å². The fourth-order valence-electron chi connectivity index (χ4n) is 2.21. The second-order valence-electron chi connectivity index (χ2n) is 4.69. The minimum absolute atomic E-state index is 0.151. The summed E-state index contributed by atoms with van der Waals surface area (Å²) in [4.78, 5) is 0. The molecule has 2 rings (SSSR count). The zero-order valence-electron chi connectivity index (χ0n) is 12.7. The molecule has 0 amide bonds. The molecule has 2 aromatic rings. The first-order valence-corrected chi connectivity index (χ1v) is 8.46. The lowest BCUT2D eigenvalue weighted by molar-refractivity contribution is -0.134. The average Bonchev–Trinajstić information content (AvgIpc) is 2.51. The van der Waals surface area contributed by atoms with Gasteiger partial charge in [-0.05, 0) is 30.0 Å². The molecule has 0 fully saturated rings. The van der Waals surface area contributed by atoms with E-state index in [4.69, 9.17) is 9.47 Å². The Morgan fingerprint density at radius 2 is 1.48 bits per heavy atom. The molecule has 2 aromatic carbocycles. The molecule has 0 saturated carbocycles. The largest absolute Gasteiger partial charge is 0.353 e. The van der Waals surface area contributed by atoms with Crippen molar-refractivity contribution in [3.63, 3.8) is 0 Å². The summed E-state index contributed by atoms with van der Waals surface area (Å²) in [6.45, 7) is 5.36. The van der Waals surface area contributed by atoms with Crippen LogP contribution in [-0.2, 0) is 15.9 Å².